The van der Waals surface area contributed by atoms with E-state index >= 15 is 4.57 Å². The monoisotopic (exact) mass is 695 g/mol. The molecular weight excluding hydrogens is 637 g/mol. The molecule has 3 N–H and O–H groups in total. The fourth-order valence-electron chi connectivity index (χ4n) is 6.55. The normalized spacial score (nSPS) is 19.8. The summed E-state index contributed by atoms with van der Waals surface area (Å²) in [7, 11) is -3.55. The molecule has 1 aromatic heterocycles. The number of ether oxygens (including phenoxy) is 4. The zero-order valence-electron chi connectivity index (χ0n) is 29.3. The van der Waals surface area contributed by atoms with Gasteiger partial charge < -0.3 is 34.9 Å². The number of hydrogen-bond acceptors (Lipinski definition) is 12. The van der Waals surface area contributed by atoms with Crippen molar-refractivity contribution in [2.24, 2.45) is 0 Å². The fraction of sp³-hybridized carbons (Fsp3) is 0.818. The first-order valence-corrected chi connectivity index (χ1v) is 20.0. The Labute approximate surface area is 286 Å². The number of carbonyl (C=O) groups is 2. The van der Waals surface area contributed by atoms with Crippen molar-refractivity contribution < 1.29 is 33.1 Å². The maximum Gasteiger partial charge on any atom is 0.323 e. The molecular formula is C33H58N7O7P. The van der Waals surface area contributed by atoms with E-state index in [2.05, 4.69) is 29.1 Å². The molecule has 0 radical (unpaired) electrons. The minimum Gasteiger partial charge on any atom is -0.476 e. The van der Waals surface area contributed by atoms with Crippen molar-refractivity contribution in [1.29, 1.82) is 0 Å². The number of rotatable bonds is 22. The zero-order valence-corrected chi connectivity index (χ0v) is 30.2. The number of fused-ring (bicyclic) bond motifs is 1. The Morgan fingerprint density at radius 3 is 2.00 bits per heavy atom. The van der Waals surface area contributed by atoms with Crippen molar-refractivity contribution in [3.8, 4) is 5.88 Å². The second-order valence-corrected chi connectivity index (χ2v) is 15.4. The molecule has 0 bridgehead atoms. The van der Waals surface area contributed by atoms with Gasteiger partial charge in [0.05, 0.1) is 33.1 Å². The molecule has 2 saturated heterocycles. The van der Waals surface area contributed by atoms with Gasteiger partial charge in [0.15, 0.2) is 5.82 Å². The number of anilines is 3. The highest BCUT2D eigenvalue weighted by Crippen LogP contribution is 2.59. The minimum absolute atomic E-state index is 0.119. The molecule has 0 aliphatic carbocycles. The molecule has 4 heterocycles. The van der Waals surface area contributed by atoms with Gasteiger partial charge >= 0.3 is 11.9 Å². The molecule has 1 aromatic rings. The topological polar surface area (TPSA) is 162 Å². The zero-order chi connectivity index (χ0) is 34.4. The van der Waals surface area contributed by atoms with E-state index in [1.807, 2.05) is 11.8 Å². The van der Waals surface area contributed by atoms with Crippen LogP contribution in [0.2, 0.25) is 0 Å². The van der Waals surface area contributed by atoms with Crippen LogP contribution in [0, 0.1) is 0 Å². The van der Waals surface area contributed by atoms with Crippen LogP contribution >= 0.6 is 7.44 Å². The number of esters is 2. The molecule has 3 aliphatic rings. The highest BCUT2D eigenvalue weighted by atomic mass is 31.2. The van der Waals surface area contributed by atoms with Gasteiger partial charge in [0, 0.05) is 19.6 Å². The van der Waals surface area contributed by atoms with Gasteiger partial charge in [0.25, 0.3) is 0 Å². The van der Waals surface area contributed by atoms with Gasteiger partial charge in [-0.3, -0.25) is 14.2 Å². The number of nitrogens with two attached hydrogens (primary N) is 1. The number of carbonyl (C=O) groups excluding carboxylic acids is 2. The first-order chi connectivity index (χ1) is 23.3. The van der Waals surface area contributed by atoms with E-state index in [0.29, 0.717) is 89.2 Å². The van der Waals surface area contributed by atoms with Crippen molar-refractivity contribution in [2.75, 3.05) is 75.0 Å². The van der Waals surface area contributed by atoms with Gasteiger partial charge in [-0.25, -0.2) is 9.34 Å². The molecule has 0 aromatic carbocycles. The Balaban J connectivity index is 1.45. The fourth-order valence-corrected chi connectivity index (χ4v) is 9.70. The van der Waals surface area contributed by atoms with Crippen LogP contribution in [-0.4, -0.2) is 102 Å². The summed E-state index contributed by atoms with van der Waals surface area (Å²) in [6.45, 7) is 9.58. The molecule has 48 heavy (non-hydrogen) atoms. The van der Waals surface area contributed by atoms with E-state index in [9.17, 15) is 9.59 Å². The smallest absolute Gasteiger partial charge is 0.323 e. The molecule has 0 amide bonds. The van der Waals surface area contributed by atoms with Crippen molar-refractivity contribution in [2.45, 2.75) is 116 Å². The Bertz CT molecular complexity index is 1180. The Kier molecular flexibility index (Phi) is 15.5. The molecule has 0 spiro atoms. The lowest BCUT2D eigenvalue weighted by atomic mass is 10.2. The Morgan fingerprint density at radius 1 is 0.833 bits per heavy atom. The van der Waals surface area contributed by atoms with Gasteiger partial charge in [-0.2, -0.15) is 9.97 Å². The third-order valence-electron chi connectivity index (χ3n) is 9.11. The number of unbranched alkanes of at least 4 members (excludes halogenated alkanes) is 6. The predicted molar refractivity (Wildman–Crippen MR) is 186 cm³/mol. The van der Waals surface area contributed by atoms with Gasteiger partial charge in [-0.15, -0.1) is 0 Å². The van der Waals surface area contributed by atoms with E-state index in [1.165, 1.54) is 0 Å². The molecule has 14 nitrogen and oxygen atoms in total. The van der Waals surface area contributed by atoms with Crippen LogP contribution in [0.4, 0.5) is 17.5 Å². The van der Waals surface area contributed by atoms with Crippen molar-refractivity contribution in [3.63, 3.8) is 0 Å². The molecule has 2 fully saturated rings. The van der Waals surface area contributed by atoms with Gasteiger partial charge in [0.1, 0.15) is 24.1 Å². The average Bonchev–Trinajstić information content (AvgIpc) is 3.86. The molecule has 15 heteroatoms. The summed E-state index contributed by atoms with van der Waals surface area (Å²) >= 11 is 0. The highest BCUT2D eigenvalue weighted by molar-refractivity contribution is 7.59. The summed E-state index contributed by atoms with van der Waals surface area (Å²) in [6.07, 6.45) is 11.2. The minimum atomic E-state index is -3.55. The summed E-state index contributed by atoms with van der Waals surface area (Å²) in [6, 6.07) is -1.29. The van der Waals surface area contributed by atoms with Crippen LogP contribution in [0.25, 0.3) is 0 Å². The first kappa shape index (κ1) is 38.1. The molecule has 0 saturated carbocycles. The van der Waals surface area contributed by atoms with Crippen LogP contribution in [0.3, 0.4) is 0 Å². The van der Waals surface area contributed by atoms with Crippen molar-refractivity contribution in [1.82, 2.24) is 19.3 Å². The lowest BCUT2D eigenvalue weighted by Gasteiger charge is -2.39. The van der Waals surface area contributed by atoms with Crippen LogP contribution < -0.4 is 20.7 Å². The van der Waals surface area contributed by atoms with Crippen molar-refractivity contribution >= 4 is 36.8 Å². The summed E-state index contributed by atoms with van der Waals surface area (Å²) in [4.78, 5) is 37.3. The van der Waals surface area contributed by atoms with Crippen LogP contribution in [0.5, 0.6) is 5.88 Å². The quantitative estimate of drug-likeness (QED) is 0.0903. The van der Waals surface area contributed by atoms with E-state index in [0.717, 1.165) is 57.8 Å². The molecule has 272 valence electrons. The number of nitrogen functional groups attached to an aromatic ring is 1. The molecule has 3 aliphatic heterocycles. The first-order valence-electron chi connectivity index (χ1n) is 18.2. The average molecular weight is 696 g/mol. The maximum atomic E-state index is 15.3. The SMILES string of the molecule is CCCCCCOC(=O)[C@@H]1CCCN1P(=O)(COCCN1CNc2c(OCCC)nc(N)nc21)N1CCC[C@H]1C(=O)OCCCCCC. The third-order valence-corrected chi connectivity index (χ3v) is 12.2. The highest BCUT2D eigenvalue weighted by Gasteiger charge is 2.51. The molecule has 0 unspecified atom stereocenters. The van der Waals surface area contributed by atoms with Crippen LogP contribution in [0.15, 0.2) is 0 Å². The lowest BCUT2D eigenvalue weighted by Crippen LogP contribution is -2.45. The van der Waals surface area contributed by atoms with E-state index in [4.69, 9.17) is 24.7 Å². The third kappa shape index (κ3) is 9.95. The largest absolute Gasteiger partial charge is 0.476 e. The van der Waals surface area contributed by atoms with Gasteiger partial charge in [0.2, 0.25) is 19.3 Å². The van der Waals surface area contributed by atoms with E-state index in [1.54, 1.807) is 9.34 Å². The number of nitrogens with zero attached hydrogens (tertiary/aromatic N) is 5. The van der Waals surface area contributed by atoms with E-state index < -0.39 is 19.5 Å². The standard InChI is InChI=1S/C33H58N7O7P/c1-4-7-9-11-21-46-31(41)26-15-13-17-39(26)48(43,40-18-14-16-27(40)32(42)47-22-12-10-8-5-2)25-44-23-19-38-24-35-28-29(38)36-33(34)37-30(28)45-20-6-3/h26-27,35H,4-25H2,1-3H3,(H2,34,36,37)/t26-,27-/m0/s1. The van der Waals surface area contributed by atoms with E-state index in [-0.39, 0.29) is 30.8 Å². The second-order valence-electron chi connectivity index (χ2n) is 12.8. The van der Waals surface area contributed by atoms with Crippen molar-refractivity contribution in [3.05, 3.63) is 0 Å². The maximum absolute atomic E-state index is 15.3. The van der Waals surface area contributed by atoms with Gasteiger partial charge in [-0.1, -0.05) is 59.3 Å². The molecule has 2 atom stereocenters. The second kappa shape index (κ2) is 19.5. The molecule has 4 rings (SSSR count). The Hall–Kier alpha value is -2.67. The Morgan fingerprint density at radius 2 is 1.44 bits per heavy atom. The summed E-state index contributed by atoms with van der Waals surface area (Å²) in [5.74, 6) is 0.465. The predicted octanol–water partition coefficient (Wildman–Crippen LogP) is 5.38. The summed E-state index contributed by atoms with van der Waals surface area (Å²) < 4.78 is 42.2. The number of nitrogens with one attached hydrogen (secondary N) is 1. The van der Waals surface area contributed by atoms with Crippen LogP contribution in [-0.2, 0) is 28.4 Å². The van der Waals surface area contributed by atoms with Crippen LogP contribution in [0.1, 0.15) is 104 Å². The summed E-state index contributed by atoms with van der Waals surface area (Å²) in [5, 5.41) is 3.28. The van der Waals surface area contributed by atoms with Gasteiger partial charge in [-0.05, 0) is 44.9 Å². The number of aromatic nitrogens is 2. The summed E-state index contributed by atoms with van der Waals surface area (Å²) in [5.41, 5.74) is 6.67. The number of hydrogen-bond donors (Lipinski definition) is 2. The lowest BCUT2D eigenvalue weighted by molar-refractivity contribution is -0.147.